The number of hydrogen-bond acceptors (Lipinski definition) is 6. The minimum Gasteiger partial charge on any atom is -0.480 e. The molecule has 1 aromatic carbocycles. The Morgan fingerprint density at radius 3 is 2.58 bits per heavy atom. The van der Waals surface area contributed by atoms with Crippen molar-refractivity contribution in [2.75, 3.05) is 25.6 Å². The van der Waals surface area contributed by atoms with Gasteiger partial charge in [0.05, 0.1) is 13.7 Å². The van der Waals surface area contributed by atoms with E-state index in [2.05, 4.69) is 15.6 Å². The van der Waals surface area contributed by atoms with Crippen LogP contribution in [0.1, 0.15) is 11.1 Å². The van der Waals surface area contributed by atoms with Crippen molar-refractivity contribution in [2.45, 2.75) is 0 Å². The van der Waals surface area contributed by atoms with Crippen molar-refractivity contribution in [3.05, 3.63) is 41.2 Å². The SMILES string of the molecule is COc1nc(NC(=O)NCCO)c(C#N)c(-c2ccccc2F)c1C#N. The molecule has 1 heterocycles. The summed E-state index contributed by atoms with van der Waals surface area (Å²) in [6.45, 7) is -0.287. The van der Waals surface area contributed by atoms with E-state index in [1.54, 1.807) is 6.07 Å². The van der Waals surface area contributed by atoms with Crippen LogP contribution in [0.4, 0.5) is 15.0 Å². The Balaban J connectivity index is 2.71. The molecule has 2 amide bonds. The van der Waals surface area contributed by atoms with Crippen LogP contribution in [-0.4, -0.2) is 36.4 Å². The summed E-state index contributed by atoms with van der Waals surface area (Å²) in [4.78, 5) is 15.8. The molecule has 1 aromatic heterocycles. The molecule has 9 heteroatoms. The van der Waals surface area contributed by atoms with Crippen LogP contribution in [0.5, 0.6) is 5.88 Å². The molecule has 0 aliphatic carbocycles. The number of anilines is 1. The molecule has 0 saturated heterocycles. The van der Waals surface area contributed by atoms with Gasteiger partial charge in [-0.05, 0) is 6.07 Å². The Morgan fingerprint density at radius 2 is 2.00 bits per heavy atom. The third-order valence-corrected chi connectivity index (χ3v) is 3.35. The summed E-state index contributed by atoms with van der Waals surface area (Å²) in [6.07, 6.45) is 0. The smallest absolute Gasteiger partial charge is 0.320 e. The number of nitrogens with zero attached hydrogens (tertiary/aromatic N) is 3. The number of carbonyl (C=O) groups excluding carboxylic acids is 1. The van der Waals surface area contributed by atoms with E-state index in [1.807, 2.05) is 12.1 Å². The average molecular weight is 355 g/mol. The lowest BCUT2D eigenvalue weighted by Gasteiger charge is -2.15. The van der Waals surface area contributed by atoms with Crippen LogP contribution < -0.4 is 15.4 Å². The molecule has 0 atom stereocenters. The number of ether oxygens (including phenoxy) is 1. The van der Waals surface area contributed by atoms with Gasteiger partial charge in [-0.15, -0.1) is 0 Å². The average Bonchev–Trinajstić information content (AvgIpc) is 2.65. The molecule has 0 radical (unpaired) electrons. The van der Waals surface area contributed by atoms with Crippen LogP contribution in [0.15, 0.2) is 24.3 Å². The first kappa shape index (κ1) is 18.6. The second-order valence-electron chi connectivity index (χ2n) is 4.90. The van der Waals surface area contributed by atoms with Crippen molar-refractivity contribution in [2.24, 2.45) is 0 Å². The fraction of sp³-hybridized carbons (Fsp3) is 0.176. The fourth-order valence-corrected chi connectivity index (χ4v) is 2.27. The summed E-state index contributed by atoms with van der Waals surface area (Å²) < 4.78 is 19.4. The first-order valence-electron chi connectivity index (χ1n) is 7.40. The highest BCUT2D eigenvalue weighted by Crippen LogP contribution is 2.37. The summed E-state index contributed by atoms with van der Waals surface area (Å²) in [5.41, 5.74) is -0.348. The van der Waals surface area contributed by atoms with Crippen molar-refractivity contribution in [1.29, 1.82) is 10.5 Å². The van der Waals surface area contributed by atoms with Gasteiger partial charge < -0.3 is 15.2 Å². The normalized spacial score (nSPS) is 9.73. The van der Waals surface area contributed by atoms with Gasteiger partial charge in [-0.1, -0.05) is 18.2 Å². The quantitative estimate of drug-likeness (QED) is 0.749. The van der Waals surface area contributed by atoms with Gasteiger partial charge in [-0.3, -0.25) is 5.32 Å². The van der Waals surface area contributed by atoms with Gasteiger partial charge in [-0.25, -0.2) is 9.18 Å². The zero-order chi connectivity index (χ0) is 19.1. The molecule has 0 bridgehead atoms. The molecule has 0 spiro atoms. The van der Waals surface area contributed by atoms with Gasteiger partial charge in [-0.2, -0.15) is 15.5 Å². The van der Waals surface area contributed by atoms with Gasteiger partial charge in [0.15, 0.2) is 5.82 Å². The maximum atomic E-state index is 14.3. The molecule has 26 heavy (non-hydrogen) atoms. The monoisotopic (exact) mass is 355 g/mol. The van der Waals surface area contributed by atoms with Crippen molar-refractivity contribution in [1.82, 2.24) is 10.3 Å². The molecule has 132 valence electrons. The number of benzene rings is 1. The summed E-state index contributed by atoms with van der Waals surface area (Å²) in [5.74, 6) is -1.01. The highest BCUT2D eigenvalue weighted by atomic mass is 19.1. The zero-order valence-corrected chi connectivity index (χ0v) is 13.7. The van der Waals surface area contributed by atoms with E-state index in [0.717, 1.165) is 0 Å². The molecule has 3 N–H and O–H groups in total. The molecule has 2 rings (SSSR count). The number of rotatable bonds is 5. The van der Waals surface area contributed by atoms with Crippen LogP contribution in [-0.2, 0) is 0 Å². The standard InChI is InChI=1S/C17H14FN5O3/c1-26-16-12(9-20)14(10-4-2-3-5-13(10)18)11(8-19)15(22-16)23-17(25)21-6-7-24/h2-5,24H,6-7H2,1H3,(H2,21,22,23,25). The largest absolute Gasteiger partial charge is 0.480 e. The van der Waals surface area contributed by atoms with Crippen LogP contribution >= 0.6 is 0 Å². The highest BCUT2D eigenvalue weighted by Gasteiger charge is 2.24. The lowest BCUT2D eigenvalue weighted by atomic mass is 9.96. The molecular weight excluding hydrogens is 341 g/mol. The maximum Gasteiger partial charge on any atom is 0.320 e. The Morgan fingerprint density at radius 1 is 1.31 bits per heavy atom. The van der Waals surface area contributed by atoms with Crippen molar-refractivity contribution >= 4 is 11.8 Å². The van der Waals surface area contributed by atoms with E-state index in [0.29, 0.717) is 0 Å². The van der Waals surface area contributed by atoms with Gasteiger partial charge in [0.2, 0.25) is 5.88 Å². The molecule has 8 nitrogen and oxygen atoms in total. The Labute approximate surface area is 148 Å². The number of pyridine rings is 1. The number of urea groups is 1. The molecular formula is C17H14FN5O3. The summed E-state index contributed by atoms with van der Waals surface area (Å²) in [7, 11) is 1.26. The lowest BCUT2D eigenvalue weighted by molar-refractivity contribution is 0.244. The van der Waals surface area contributed by atoms with Crippen LogP contribution in [0.25, 0.3) is 11.1 Å². The molecule has 0 aliphatic rings. The van der Waals surface area contributed by atoms with E-state index in [9.17, 15) is 19.7 Å². The molecule has 0 aliphatic heterocycles. The summed E-state index contributed by atoms with van der Waals surface area (Å²) >= 11 is 0. The number of methoxy groups -OCH3 is 1. The third kappa shape index (κ3) is 3.69. The minimum absolute atomic E-state index is 0.000108. The highest BCUT2D eigenvalue weighted by molar-refractivity contribution is 5.93. The Kier molecular flexibility index (Phi) is 6.04. The summed E-state index contributed by atoms with van der Waals surface area (Å²) in [5, 5.41) is 32.4. The molecule has 0 unspecified atom stereocenters. The Hall–Kier alpha value is -3.69. The number of carbonyl (C=O) groups is 1. The van der Waals surface area contributed by atoms with Crippen molar-refractivity contribution in [3.8, 4) is 29.1 Å². The maximum absolute atomic E-state index is 14.3. The number of aliphatic hydroxyl groups excluding tert-OH is 1. The number of nitrogens with one attached hydrogen (secondary N) is 2. The molecule has 0 saturated carbocycles. The van der Waals surface area contributed by atoms with Gasteiger partial charge in [0.25, 0.3) is 0 Å². The number of hydrogen-bond donors (Lipinski definition) is 3. The number of aliphatic hydroxyl groups is 1. The predicted octanol–water partition coefficient (Wildman–Crippen LogP) is 1.75. The topological polar surface area (TPSA) is 131 Å². The third-order valence-electron chi connectivity index (χ3n) is 3.35. The predicted molar refractivity (Wildman–Crippen MR) is 89.7 cm³/mol. The fourth-order valence-electron chi connectivity index (χ4n) is 2.27. The lowest BCUT2D eigenvalue weighted by Crippen LogP contribution is -2.31. The number of aromatic nitrogens is 1. The second kappa shape index (κ2) is 8.42. The van der Waals surface area contributed by atoms with Crippen LogP contribution in [0.2, 0.25) is 0 Å². The number of amides is 2. The van der Waals surface area contributed by atoms with Crippen LogP contribution in [0, 0.1) is 28.5 Å². The van der Waals surface area contributed by atoms with E-state index in [4.69, 9.17) is 9.84 Å². The first-order valence-corrected chi connectivity index (χ1v) is 7.40. The van der Waals surface area contributed by atoms with Crippen LogP contribution in [0.3, 0.4) is 0 Å². The number of nitriles is 2. The summed E-state index contributed by atoms with van der Waals surface area (Å²) in [6, 6.07) is 8.60. The number of halogens is 1. The molecule has 0 fully saturated rings. The Bertz CT molecular complexity index is 918. The van der Waals surface area contributed by atoms with Crippen molar-refractivity contribution < 1.29 is 19.0 Å². The van der Waals surface area contributed by atoms with Gasteiger partial charge >= 0.3 is 6.03 Å². The first-order chi connectivity index (χ1) is 12.6. The van der Waals surface area contributed by atoms with E-state index >= 15 is 0 Å². The van der Waals surface area contributed by atoms with Gasteiger partial charge in [0, 0.05) is 17.7 Å². The second-order valence-corrected chi connectivity index (χ2v) is 4.90. The minimum atomic E-state index is -0.728. The zero-order valence-electron chi connectivity index (χ0n) is 13.7. The van der Waals surface area contributed by atoms with E-state index in [1.165, 1.54) is 25.3 Å². The van der Waals surface area contributed by atoms with Gasteiger partial charge in [0.1, 0.15) is 29.1 Å². The molecule has 2 aromatic rings. The van der Waals surface area contributed by atoms with Crippen molar-refractivity contribution in [3.63, 3.8) is 0 Å². The van der Waals surface area contributed by atoms with E-state index in [-0.39, 0.29) is 47.1 Å². The van der Waals surface area contributed by atoms with E-state index < -0.39 is 11.8 Å².